The number of benzene rings is 1. The van der Waals surface area contributed by atoms with Crippen LogP contribution in [-0.2, 0) is 9.53 Å². The van der Waals surface area contributed by atoms with Crippen LogP contribution in [0.5, 0.6) is 0 Å². The predicted molar refractivity (Wildman–Crippen MR) is 58.1 cm³/mol. The molecule has 5 heteroatoms. The molecule has 3 N–H and O–H groups in total. The molecular formula is C11H13NO4. The van der Waals surface area contributed by atoms with Crippen LogP contribution in [-0.4, -0.2) is 23.7 Å². The van der Waals surface area contributed by atoms with E-state index in [0.717, 1.165) is 0 Å². The summed E-state index contributed by atoms with van der Waals surface area (Å²) in [4.78, 5) is 21.7. The number of nitrogens with two attached hydrogens (primary N) is 1. The van der Waals surface area contributed by atoms with E-state index in [1.165, 1.54) is 0 Å². The van der Waals surface area contributed by atoms with Crippen LogP contribution in [0.25, 0.3) is 0 Å². The van der Waals surface area contributed by atoms with Crippen LogP contribution >= 0.6 is 0 Å². The third-order valence-electron chi connectivity index (χ3n) is 2.02. The first-order valence-corrected chi connectivity index (χ1v) is 4.75. The number of esters is 1. The van der Waals surface area contributed by atoms with Crippen molar-refractivity contribution in [2.24, 2.45) is 0 Å². The zero-order valence-electron chi connectivity index (χ0n) is 8.90. The van der Waals surface area contributed by atoms with Gasteiger partial charge < -0.3 is 15.6 Å². The second-order valence-electron chi connectivity index (χ2n) is 3.35. The minimum absolute atomic E-state index is 0.127. The normalized spacial score (nSPS) is 9.81. The van der Waals surface area contributed by atoms with Crippen LogP contribution in [0, 0.1) is 6.92 Å². The van der Waals surface area contributed by atoms with Gasteiger partial charge >= 0.3 is 11.9 Å². The molecular weight excluding hydrogens is 210 g/mol. The molecule has 0 heterocycles. The fourth-order valence-corrected chi connectivity index (χ4v) is 1.22. The van der Waals surface area contributed by atoms with Crippen LogP contribution in [0.15, 0.2) is 18.2 Å². The maximum absolute atomic E-state index is 11.5. The van der Waals surface area contributed by atoms with Crippen LogP contribution in [0.2, 0.25) is 0 Å². The highest BCUT2D eigenvalue weighted by molar-refractivity contribution is 5.91. The van der Waals surface area contributed by atoms with E-state index in [-0.39, 0.29) is 13.0 Å². The first kappa shape index (κ1) is 12.0. The Balaban J connectivity index is 2.63. The highest BCUT2D eigenvalue weighted by Crippen LogP contribution is 2.13. The smallest absolute Gasteiger partial charge is 0.338 e. The van der Waals surface area contributed by atoms with E-state index in [0.29, 0.717) is 16.8 Å². The minimum Gasteiger partial charge on any atom is -0.481 e. The van der Waals surface area contributed by atoms with Crippen molar-refractivity contribution in [1.29, 1.82) is 0 Å². The Morgan fingerprint density at radius 2 is 2.12 bits per heavy atom. The van der Waals surface area contributed by atoms with Crippen LogP contribution in [0.1, 0.15) is 22.3 Å². The fourth-order valence-electron chi connectivity index (χ4n) is 1.22. The van der Waals surface area contributed by atoms with Crippen LogP contribution in [0.4, 0.5) is 5.69 Å². The summed E-state index contributed by atoms with van der Waals surface area (Å²) >= 11 is 0. The molecule has 16 heavy (non-hydrogen) atoms. The van der Waals surface area contributed by atoms with Crippen molar-refractivity contribution in [2.75, 3.05) is 12.3 Å². The zero-order valence-corrected chi connectivity index (χ0v) is 8.90. The van der Waals surface area contributed by atoms with Gasteiger partial charge in [0.1, 0.15) is 6.61 Å². The lowest BCUT2D eigenvalue weighted by molar-refractivity contribution is -0.137. The molecule has 1 rings (SSSR count). The molecule has 0 amide bonds. The van der Waals surface area contributed by atoms with E-state index in [2.05, 4.69) is 0 Å². The Morgan fingerprint density at radius 3 is 2.69 bits per heavy atom. The number of ether oxygens (including phenoxy) is 1. The van der Waals surface area contributed by atoms with Crippen molar-refractivity contribution in [3.63, 3.8) is 0 Å². The van der Waals surface area contributed by atoms with Gasteiger partial charge in [0.2, 0.25) is 0 Å². The Kier molecular flexibility index (Phi) is 3.88. The number of nitrogen functional groups attached to an aromatic ring is 1. The van der Waals surface area contributed by atoms with Crippen molar-refractivity contribution in [2.45, 2.75) is 13.3 Å². The lowest BCUT2D eigenvalue weighted by atomic mass is 10.1. The summed E-state index contributed by atoms with van der Waals surface area (Å²) in [6.45, 7) is 1.61. The Bertz CT molecular complexity index is 414. The molecule has 0 bridgehead atoms. The molecule has 5 nitrogen and oxygen atoms in total. The molecule has 0 radical (unpaired) electrons. The summed E-state index contributed by atoms with van der Waals surface area (Å²) in [6.07, 6.45) is -0.195. The van der Waals surface area contributed by atoms with Crippen LogP contribution < -0.4 is 5.73 Å². The largest absolute Gasteiger partial charge is 0.481 e. The number of hydrogen-bond acceptors (Lipinski definition) is 4. The molecule has 0 fully saturated rings. The number of carboxylic acid groups (broad SMARTS) is 1. The molecule has 0 aliphatic carbocycles. The third kappa shape index (κ3) is 3.27. The molecule has 0 saturated heterocycles. The van der Waals surface area contributed by atoms with Gasteiger partial charge in [-0.1, -0.05) is 0 Å². The number of aliphatic carboxylic acids is 1. The Morgan fingerprint density at radius 1 is 1.44 bits per heavy atom. The SMILES string of the molecule is Cc1cc(N)ccc1C(=O)OCCC(=O)O. The van der Waals surface area contributed by atoms with E-state index in [9.17, 15) is 9.59 Å². The zero-order chi connectivity index (χ0) is 12.1. The predicted octanol–water partition coefficient (Wildman–Crippen LogP) is 1.21. The van der Waals surface area contributed by atoms with Gasteiger partial charge in [0.15, 0.2) is 0 Å². The number of anilines is 1. The van der Waals surface area contributed by atoms with Gasteiger partial charge in [-0.2, -0.15) is 0 Å². The van der Waals surface area contributed by atoms with Gasteiger partial charge in [-0.05, 0) is 30.7 Å². The van der Waals surface area contributed by atoms with E-state index in [1.807, 2.05) is 0 Å². The first-order valence-electron chi connectivity index (χ1n) is 4.75. The van der Waals surface area contributed by atoms with Crippen molar-refractivity contribution < 1.29 is 19.4 Å². The van der Waals surface area contributed by atoms with Crippen molar-refractivity contribution in [3.8, 4) is 0 Å². The lowest BCUT2D eigenvalue weighted by Crippen LogP contribution is -2.11. The summed E-state index contributed by atoms with van der Waals surface area (Å²) in [5.41, 5.74) is 7.22. The molecule has 0 saturated carbocycles. The maximum Gasteiger partial charge on any atom is 0.338 e. The number of carbonyl (C=O) groups is 2. The Labute approximate surface area is 92.8 Å². The van der Waals surface area contributed by atoms with Gasteiger partial charge in [0.05, 0.1) is 12.0 Å². The number of hydrogen-bond donors (Lipinski definition) is 2. The maximum atomic E-state index is 11.5. The highest BCUT2D eigenvalue weighted by atomic mass is 16.5. The van der Waals surface area contributed by atoms with E-state index in [4.69, 9.17) is 15.6 Å². The van der Waals surface area contributed by atoms with Gasteiger partial charge in [0, 0.05) is 5.69 Å². The van der Waals surface area contributed by atoms with E-state index in [1.54, 1.807) is 25.1 Å². The topological polar surface area (TPSA) is 89.6 Å². The number of rotatable bonds is 4. The lowest BCUT2D eigenvalue weighted by Gasteiger charge is -2.06. The molecule has 1 aromatic rings. The fraction of sp³-hybridized carbons (Fsp3) is 0.273. The molecule has 0 aromatic heterocycles. The van der Waals surface area contributed by atoms with Crippen molar-refractivity contribution >= 4 is 17.6 Å². The Hall–Kier alpha value is -2.04. The average molecular weight is 223 g/mol. The summed E-state index contributed by atoms with van der Waals surface area (Å²) in [7, 11) is 0. The minimum atomic E-state index is -0.998. The third-order valence-corrected chi connectivity index (χ3v) is 2.02. The van der Waals surface area contributed by atoms with Gasteiger partial charge in [0.25, 0.3) is 0 Å². The molecule has 1 aromatic carbocycles. The second kappa shape index (κ2) is 5.16. The van der Waals surface area contributed by atoms with Gasteiger partial charge in [-0.15, -0.1) is 0 Å². The average Bonchev–Trinajstić information content (AvgIpc) is 2.16. The number of aryl methyl sites for hydroxylation is 1. The summed E-state index contributed by atoms with van der Waals surface area (Å²) in [6, 6.07) is 4.82. The standard InChI is InChI=1S/C11H13NO4/c1-7-6-8(12)2-3-9(7)11(15)16-5-4-10(13)14/h2-3,6H,4-5,12H2,1H3,(H,13,14). The molecule has 0 unspecified atom stereocenters. The van der Waals surface area contributed by atoms with E-state index >= 15 is 0 Å². The quantitative estimate of drug-likeness (QED) is 0.591. The van der Waals surface area contributed by atoms with Crippen molar-refractivity contribution in [3.05, 3.63) is 29.3 Å². The van der Waals surface area contributed by atoms with Gasteiger partial charge in [-0.3, -0.25) is 4.79 Å². The highest BCUT2D eigenvalue weighted by Gasteiger charge is 2.10. The van der Waals surface area contributed by atoms with E-state index < -0.39 is 11.9 Å². The number of carbonyl (C=O) groups excluding carboxylic acids is 1. The van der Waals surface area contributed by atoms with Crippen molar-refractivity contribution in [1.82, 2.24) is 0 Å². The first-order chi connectivity index (χ1) is 7.50. The molecule has 0 aliphatic rings. The number of carboxylic acids is 1. The van der Waals surface area contributed by atoms with Crippen LogP contribution in [0.3, 0.4) is 0 Å². The molecule has 86 valence electrons. The van der Waals surface area contributed by atoms with Gasteiger partial charge in [-0.25, -0.2) is 4.79 Å². The molecule has 0 aliphatic heterocycles. The molecule has 0 atom stereocenters. The molecule has 0 spiro atoms. The monoisotopic (exact) mass is 223 g/mol. The summed E-state index contributed by atoms with van der Waals surface area (Å²) in [5.74, 6) is -1.53. The second-order valence-corrected chi connectivity index (χ2v) is 3.35. The summed E-state index contributed by atoms with van der Waals surface area (Å²) < 4.78 is 4.80. The summed E-state index contributed by atoms with van der Waals surface area (Å²) in [5, 5.41) is 8.38.